The van der Waals surface area contributed by atoms with Crippen LogP contribution in [0.5, 0.6) is 0 Å². The average Bonchev–Trinajstić information content (AvgIpc) is 3.19. The van der Waals surface area contributed by atoms with Crippen LogP contribution in [0.2, 0.25) is 0 Å². The summed E-state index contributed by atoms with van der Waals surface area (Å²) in [7, 11) is 1.45. The van der Waals surface area contributed by atoms with E-state index >= 15 is 0 Å². The number of fused-ring (bicyclic) bond motifs is 3. The Balaban J connectivity index is 1.41. The molecule has 2 aromatic carbocycles. The number of carboxylic acid groups (broad SMARTS) is 1. The van der Waals surface area contributed by atoms with E-state index in [-0.39, 0.29) is 12.5 Å². The maximum absolute atomic E-state index is 13.0. The van der Waals surface area contributed by atoms with Crippen LogP contribution >= 0.6 is 0 Å². The lowest BCUT2D eigenvalue weighted by Gasteiger charge is -2.31. The lowest BCUT2D eigenvalue weighted by Crippen LogP contribution is -2.57. The summed E-state index contributed by atoms with van der Waals surface area (Å²) in [5.41, 5.74) is 4.45. The van der Waals surface area contributed by atoms with Crippen molar-refractivity contribution in [3.05, 3.63) is 59.7 Å². The Kier molecular flexibility index (Phi) is 7.70. The molecule has 1 fully saturated rings. The van der Waals surface area contributed by atoms with Gasteiger partial charge in [-0.25, -0.2) is 4.79 Å². The Bertz CT molecular complexity index is 1040. The molecule has 2 aliphatic rings. The molecular formula is C27H32N2O6. The van der Waals surface area contributed by atoms with Crippen molar-refractivity contribution in [2.45, 2.75) is 56.7 Å². The van der Waals surface area contributed by atoms with Crippen LogP contribution < -0.4 is 10.6 Å². The Morgan fingerprint density at radius 1 is 1.00 bits per heavy atom. The fraction of sp³-hybridized carbons (Fsp3) is 0.444. The van der Waals surface area contributed by atoms with Gasteiger partial charge < -0.3 is 25.2 Å². The van der Waals surface area contributed by atoms with E-state index in [1.807, 2.05) is 36.4 Å². The molecule has 3 N–H and O–H groups in total. The van der Waals surface area contributed by atoms with Gasteiger partial charge >= 0.3 is 12.1 Å². The van der Waals surface area contributed by atoms with E-state index < -0.39 is 42.1 Å². The molecule has 1 saturated carbocycles. The van der Waals surface area contributed by atoms with Crippen molar-refractivity contribution in [3.8, 4) is 11.1 Å². The molecule has 35 heavy (non-hydrogen) atoms. The number of hydrogen-bond donors (Lipinski definition) is 3. The minimum absolute atomic E-state index is 0.0983. The van der Waals surface area contributed by atoms with Gasteiger partial charge in [0.15, 0.2) is 0 Å². The number of carboxylic acids is 1. The van der Waals surface area contributed by atoms with Gasteiger partial charge in [0.2, 0.25) is 5.91 Å². The smallest absolute Gasteiger partial charge is 0.407 e. The normalized spacial score (nSPS) is 20.7. The van der Waals surface area contributed by atoms with Crippen LogP contribution in [0.4, 0.5) is 4.79 Å². The number of rotatable bonds is 8. The van der Waals surface area contributed by atoms with Gasteiger partial charge in [-0.2, -0.15) is 0 Å². The lowest BCUT2D eigenvalue weighted by molar-refractivity contribution is -0.144. The summed E-state index contributed by atoms with van der Waals surface area (Å²) < 4.78 is 10.9. The summed E-state index contributed by atoms with van der Waals surface area (Å²) in [5, 5.41) is 15.0. The maximum Gasteiger partial charge on any atom is 0.407 e. The summed E-state index contributed by atoms with van der Waals surface area (Å²) in [5.74, 6) is -2.14. The summed E-state index contributed by atoms with van der Waals surface area (Å²) in [6.07, 6.45) is 1.40. The van der Waals surface area contributed by atoms with Crippen molar-refractivity contribution in [1.29, 1.82) is 0 Å². The van der Waals surface area contributed by atoms with E-state index in [1.165, 1.54) is 7.11 Å². The zero-order valence-corrected chi connectivity index (χ0v) is 20.0. The maximum atomic E-state index is 13.0. The highest BCUT2D eigenvalue weighted by Gasteiger charge is 2.36. The summed E-state index contributed by atoms with van der Waals surface area (Å²) >= 11 is 0. The molecule has 186 valence electrons. The van der Waals surface area contributed by atoms with Gasteiger partial charge in [-0.05, 0) is 42.0 Å². The fourth-order valence-electron chi connectivity index (χ4n) is 5.17. The quantitative estimate of drug-likeness (QED) is 0.531. The van der Waals surface area contributed by atoms with E-state index in [4.69, 9.17) is 9.47 Å². The first kappa shape index (κ1) is 24.7. The SMILES string of the molecule is COC(C)C(NC(=O)OCC1c2ccccc2-c2ccccc21)C(=O)N[C@@H]1CCCC[C@@H]1C(=O)O. The number of carbonyl (C=O) groups is 3. The third-order valence-corrected chi connectivity index (χ3v) is 7.15. The van der Waals surface area contributed by atoms with Gasteiger partial charge in [0.1, 0.15) is 12.6 Å². The molecule has 0 radical (unpaired) electrons. The standard InChI is InChI=1S/C27H32N2O6/c1-16(34-2)24(25(30)28-23-14-8-7-13-21(23)26(31)32)29-27(33)35-15-22-19-11-5-3-9-17(19)18-10-4-6-12-20(18)22/h3-6,9-12,16,21-24H,7-8,13-15H2,1-2H3,(H,28,30)(H,29,33)(H,31,32)/t16?,21-,23+,24?/m0/s1. The number of carbonyl (C=O) groups excluding carboxylic acids is 2. The molecule has 0 aromatic heterocycles. The minimum Gasteiger partial charge on any atom is -0.481 e. The molecule has 2 aliphatic carbocycles. The summed E-state index contributed by atoms with van der Waals surface area (Å²) in [4.78, 5) is 37.4. The Morgan fingerprint density at radius 2 is 1.60 bits per heavy atom. The van der Waals surface area contributed by atoms with Crippen molar-refractivity contribution in [2.24, 2.45) is 5.92 Å². The van der Waals surface area contributed by atoms with Crippen molar-refractivity contribution in [1.82, 2.24) is 10.6 Å². The molecule has 0 spiro atoms. The molecule has 2 amide bonds. The van der Waals surface area contributed by atoms with Crippen LogP contribution in [0.3, 0.4) is 0 Å². The van der Waals surface area contributed by atoms with Crippen LogP contribution in [-0.2, 0) is 19.1 Å². The third-order valence-electron chi connectivity index (χ3n) is 7.15. The van der Waals surface area contributed by atoms with Gasteiger partial charge in [0.25, 0.3) is 0 Å². The number of alkyl carbamates (subject to hydrolysis) is 1. The van der Waals surface area contributed by atoms with Gasteiger partial charge in [-0.3, -0.25) is 9.59 Å². The molecule has 0 saturated heterocycles. The molecule has 4 rings (SSSR count). The molecule has 0 heterocycles. The van der Waals surface area contributed by atoms with E-state index in [2.05, 4.69) is 22.8 Å². The average molecular weight is 481 g/mol. The summed E-state index contributed by atoms with van der Waals surface area (Å²) in [6.45, 7) is 1.79. The van der Waals surface area contributed by atoms with Gasteiger partial charge in [0, 0.05) is 19.1 Å². The first-order chi connectivity index (χ1) is 16.9. The molecule has 8 heteroatoms. The Labute approximate surface area is 205 Å². The molecule has 2 unspecified atom stereocenters. The van der Waals surface area contributed by atoms with Crippen LogP contribution in [-0.4, -0.2) is 55.0 Å². The zero-order chi connectivity index (χ0) is 24.9. The summed E-state index contributed by atoms with van der Waals surface area (Å²) in [6, 6.07) is 14.6. The van der Waals surface area contributed by atoms with Crippen molar-refractivity contribution in [3.63, 3.8) is 0 Å². The highest BCUT2D eigenvalue weighted by Crippen LogP contribution is 2.44. The van der Waals surface area contributed by atoms with Crippen LogP contribution in [0.1, 0.15) is 49.7 Å². The van der Waals surface area contributed by atoms with Crippen molar-refractivity contribution in [2.75, 3.05) is 13.7 Å². The van der Waals surface area contributed by atoms with Crippen molar-refractivity contribution >= 4 is 18.0 Å². The monoisotopic (exact) mass is 480 g/mol. The van der Waals surface area contributed by atoms with E-state index in [0.29, 0.717) is 12.8 Å². The lowest BCUT2D eigenvalue weighted by atomic mass is 9.84. The van der Waals surface area contributed by atoms with E-state index in [1.54, 1.807) is 6.92 Å². The number of hydrogen-bond acceptors (Lipinski definition) is 5. The molecule has 4 atom stereocenters. The van der Waals surface area contributed by atoms with Crippen molar-refractivity contribution < 1.29 is 29.0 Å². The Hall–Kier alpha value is -3.39. The number of benzene rings is 2. The first-order valence-electron chi connectivity index (χ1n) is 12.1. The predicted molar refractivity (Wildman–Crippen MR) is 130 cm³/mol. The van der Waals surface area contributed by atoms with Gasteiger partial charge in [-0.15, -0.1) is 0 Å². The minimum atomic E-state index is -1.02. The fourth-order valence-corrected chi connectivity index (χ4v) is 5.17. The number of nitrogens with one attached hydrogen (secondary N) is 2. The highest BCUT2D eigenvalue weighted by atomic mass is 16.5. The van der Waals surface area contributed by atoms with Crippen LogP contribution in [0.25, 0.3) is 11.1 Å². The molecule has 0 bridgehead atoms. The first-order valence-corrected chi connectivity index (χ1v) is 12.1. The number of amides is 2. The van der Waals surface area contributed by atoms with Crippen LogP contribution in [0, 0.1) is 5.92 Å². The molecule has 8 nitrogen and oxygen atoms in total. The van der Waals surface area contributed by atoms with Crippen LogP contribution in [0.15, 0.2) is 48.5 Å². The second-order valence-corrected chi connectivity index (χ2v) is 9.23. The highest BCUT2D eigenvalue weighted by molar-refractivity contribution is 5.87. The van der Waals surface area contributed by atoms with E-state index in [9.17, 15) is 19.5 Å². The largest absolute Gasteiger partial charge is 0.481 e. The predicted octanol–water partition coefficient (Wildman–Crippen LogP) is 3.69. The number of ether oxygens (including phenoxy) is 2. The molecule has 2 aromatic rings. The second kappa shape index (κ2) is 10.9. The number of methoxy groups -OCH3 is 1. The zero-order valence-electron chi connectivity index (χ0n) is 20.0. The Morgan fingerprint density at radius 3 is 2.20 bits per heavy atom. The third kappa shape index (κ3) is 5.32. The molecular weight excluding hydrogens is 448 g/mol. The van der Waals surface area contributed by atoms with E-state index in [0.717, 1.165) is 35.1 Å². The molecule has 0 aliphatic heterocycles. The topological polar surface area (TPSA) is 114 Å². The second-order valence-electron chi connectivity index (χ2n) is 9.23. The number of aliphatic carboxylic acids is 1. The van der Waals surface area contributed by atoms with Gasteiger partial charge in [-0.1, -0.05) is 61.4 Å². The van der Waals surface area contributed by atoms with Gasteiger partial charge in [0.05, 0.1) is 12.0 Å².